The standard InChI is InChI=1S/C29H26N6O/c36-29(31-25-14-6-11-21-8-4-5-13-24(21)25)23-12-7-18-34(20-23)26-15-16-27(33-32-26)35-19-17-30-28(35)22-9-2-1-3-10-22/h1-6,8-11,13-17,19,23H,7,12,18,20H2,(H,31,36). The number of amides is 1. The molecule has 3 aromatic carbocycles. The fourth-order valence-corrected chi connectivity index (χ4v) is 4.87. The number of imidazole rings is 1. The molecule has 5 aromatic rings. The van der Waals surface area contributed by atoms with E-state index in [0.29, 0.717) is 12.4 Å². The lowest BCUT2D eigenvalue weighted by Crippen LogP contribution is -2.41. The minimum absolute atomic E-state index is 0.0477. The Morgan fingerprint density at radius 2 is 1.64 bits per heavy atom. The van der Waals surface area contributed by atoms with E-state index in [2.05, 4.69) is 37.5 Å². The summed E-state index contributed by atoms with van der Waals surface area (Å²) >= 11 is 0. The van der Waals surface area contributed by atoms with Crippen LogP contribution in [0.2, 0.25) is 0 Å². The van der Waals surface area contributed by atoms with Crippen LogP contribution in [-0.4, -0.2) is 38.7 Å². The molecule has 0 spiro atoms. The van der Waals surface area contributed by atoms with Gasteiger partial charge in [0.05, 0.1) is 5.92 Å². The van der Waals surface area contributed by atoms with E-state index in [1.54, 1.807) is 6.20 Å². The molecule has 1 aliphatic heterocycles. The van der Waals surface area contributed by atoms with Crippen LogP contribution in [0.1, 0.15) is 12.8 Å². The van der Waals surface area contributed by atoms with Crippen molar-refractivity contribution in [2.24, 2.45) is 5.92 Å². The lowest BCUT2D eigenvalue weighted by atomic mass is 9.96. The summed E-state index contributed by atoms with van der Waals surface area (Å²) in [4.78, 5) is 19.8. The smallest absolute Gasteiger partial charge is 0.229 e. The number of rotatable bonds is 5. The molecule has 1 saturated heterocycles. The first kappa shape index (κ1) is 22.0. The summed E-state index contributed by atoms with van der Waals surface area (Å²) < 4.78 is 1.93. The normalized spacial score (nSPS) is 15.7. The summed E-state index contributed by atoms with van der Waals surface area (Å²) in [5.41, 5.74) is 1.87. The highest BCUT2D eigenvalue weighted by molar-refractivity contribution is 6.03. The average Bonchev–Trinajstić information content (AvgIpc) is 3.44. The molecule has 6 rings (SSSR count). The van der Waals surface area contributed by atoms with Gasteiger partial charge >= 0.3 is 0 Å². The number of nitrogens with one attached hydrogen (secondary N) is 1. The minimum atomic E-state index is -0.113. The van der Waals surface area contributed by atoms with Gasteiger partial charge in [-0.25, -0.2) is 4.98 Å². The Bertz CT molecular complexity index is 1490. The van der Waals surface area contributed by atoms with Crippen LogP contribution in [0, 0.1) is 5.92 Å². The van der Waals surface area contributed by atoms with Crippen molar-refractivity contribution >= 4 is 28.2 Å². The van der Waals surface area contributed by atoms with E-state index in [4.69, 9.17) is 0 Å². The molecule has 1 amide bonds. The van der Waals surface area contributed by atoms with E-state index in [9.17, 15) is 4.79 Å². The first-order valence-electron chi connectivity index (χ1n) is 12.2. The number of hydrogen-bond donors (Lipinski definition) is 1. The van der Waals surface area contributed by atoms with Crippen molar-refractivity contribution in [3.8, 4) is 17.2 Å². The Balaban J connectivity index is 1.17. The van der Waals surface area contributed by atoms with Crippen LogP contribution in [0.25, 0.3) is 28.0 Å². The zero-order chi connectivity index (χ0) is 24.3. The molecule has 7 heteroatoms. The van der Waals surface area contributed by atoms with Crippen LogP contribution in [0.3, 0.4) is 0 Å². The zero-order valence-corrected chi connectivity index (χ0v) is 19.8. The molecule has 0 radical (unpaired) electrons. The molecule has 7 nitrogen and oxygen atoms in total. The van der Waals surface area contributed by atoms with Gasteiger partial charge in [-0.15, -0.1) is 10.2 Å². The molecule has 0 bridgehead atoms. The Morgan fingerprint density at radius 1 is 0.861 bits per heavy atom. The largest absolute Gasteiger partial charge is 0.354 e. The van der Waals surface area contributed by atoms with E-state index < -0.39 is 0 Å². The molecule has 1 N–H and O–H groups in total. The molecule has 178 valence electrons. The molecule has 1 fully saturated rings. The lowest BCUT2D eigenvalue weighted by Gasteiger charge is -2.32. The van der Waals surface area contributed by atoms with E-state index >= 15 is 0 Å². The summed E-state index contributed by atoms with van der Waals surface area (Å²) in [5, 5.41) is 14.3. The van der Waals surface area contributed by atoms with E-state index in [1.807, 2.05) is 83.6 Å². The van der Waals surface area contributed by atoms with Gasteiger partial charge in [-0.05, 0) is 36.4 Å². The molecule has 36 heavy (non-hydrogen) atoms. The van der Waals surface area contributed by atoms with Gasteiger partial charge in [0.2, 0.25) is 5.91 Å². The van der Waals surface area contributed by atoms with Crippen molar-refractivity contribution in [3.63, 3.8) is 0 Å². The molecule has 1 atom stereocenters. The molecule has 2 aromatic heterocycles. The Kier molecular flexibility index (Phi) is 5.87. The molecule has 1 unspecified atom stereocenters. The number of carbonyl (C=O) groups excluding carboxylic acids is 1. The third-order valence-electron chi connectivity index (χ3n) is 6.72. The van der Waals surface area contributed by atoms with Crippen molar-refractivity contribution in [2.45, 2.75) is 12.8 Å². The Morgan fingerprint density at radius 3 is 2.50 bits per heavy atom. The summed E-state index contributed by atoms with van der Waals surface area (Å²) in [6.45, 7) is 1.47. The molecular formula is C29H26N6O. The maximum absolute atomic E-state index is 13.2. The lowest BCUT2D eigenvalue weighted by molar-refractivity contribution is -0.120. The number of aromatic nitrogens is 4. The highest BCUT2D eigenvalue weighted by Crippen LogP contribution is 2.27. The Labute approximate surface area is 209 Å². The van der Waals surface area contributed by atoms with Crippen LogP contribution >= 0.6 is 0 Å². The number of fused-ring (bicyclic) bond motifs is 1. The number of nitrogens with zero attached hydrogens (tertiary/aromatic N) is 5. The molecular weight excluding hydrogens is 448 g/mol. The first-order valence-corrected chi connectivity index (χ1v) is 12.2. The summed E-state index contributed by atoms with van der Waals surface area (Å²) in [5.74, 6) is 2.24. The highest BCUT2D eigenvalue weighted by atomic mass is 16.1. The van der Waals surface area contributed by atoms with Crippen LogP contribution in [0.15, 0.2) is 97.3 Å². The number of anilines is 2. The number of benzene rings is 3. The maximum atomic E-state index is 13.2. The topological polar surface area (TPSA) is 75.9 Å². The zero-order valence-electron chi connectivity index (χ0n) is 19.8. The maximum Gasteiger partial charge on any atom is 0.229 e. The fraction of sp³-hybridized carbons (Fsp3) is 0.172. The number of hydrogen-bond acceptors (Lipinski definition) is 5. The second kappa shape index (κ2) is 9.62. The van der Waals surface area contributed by atoms with Crippen molar-refractivity contribution < 1.29 is 4.79 Å². The SMILES string of the molecule is O=C(Nc1cccc2ccccc12)C1CCCN(c2ccc(-n3ccnc3-c3ccccc3)nn2)C1. The van der Waals surface area contributed by atoms with E-state index in [-0.39, 0.29) is 11.8 Å². The molecule has 0 aliphatic carbocycles. The van der Waals surface area contributed by atoms with Gasteiger partial charge in [-0.3, -0.25) is 9.36 Å². The first-order chi connectivity index (χ1) is 17.8. The minimum Gasteiger partial charge on any atom is -0.354 e. The van der Waals surface area contributed by atoms with Crippen LogP contribution in [-0.2, 0) is 4.79 Å². The monoisotopic (exact) mass is 474 g/mol. The summed E-state index contributed by atoms with van der Waals surface area (Å²) in [6, 6.07) is 28.1. The number of piperidine rings is 1. The summed E-state index contributed by atoms with van der Waals surface area (Å²) in [7, 11) is 0. The van der Waals surface area contributed by atoms with Gasteiger partial charge in [0.25, 0.3) is 0 Å². The third kappa shape index (κ3) is 4.31. The van der Waals surface area contributed by atoms with Crippen molar-refractivity contribution in [1.82, 2.24) is 19.7 Å². The molecule has 1 aliphatic rings. The quantitative estimate of drug-likeness (QED) is 0.372. The predicted octanol–water partition coefficient (Wildman–Crippen LogP) is 5.34. The van der Waals surface area contributed by atoms with Crippen molar-refractivity contribution in [2.75, 3.05) is 23.3 Å². The van der Waals surface area contributed by atoms with Gasteiger partial charge in [0.1, 0.15) is 5.82 Å². The highest BCUT2D eigenvalue weighted by Gasteiger charge is 2.27. The second-order valence-corrected chi connectivity index (χ2v) is 9.04. The number of carbonyl (C=O) groups is 1. The van der Waals surface area contributed by atoms with Crippen LogP contribution in [0.4, 0.5) is 11.5 Å². The van der Waals surface area contributed by atoms with Crippen LogP contribution < -0.4 is 10.2 Å². The van der Waals surface area contributed by atoms with Gasteiger partial charge in [0, 0.05) is 42.1 Å². The Hall–Kier alpha value is -4.52. The average molecular weight is 475 g/mol. The van der Waals surface area contributed by atoms with E-state index in [0.717, 1.165) is 53.1 Å². The molecule has 0 saturated carbocycles. The van der Waals surface area contributed by atoms with Crippen molar-refractivity contribution in [3.05, 3.63) is 97.3 Å². The molecule has 3 heterocycles. The summed E-state index contributed by atoms with van der Waals surface area (Å²) in [6.07, 6.45) is 5.44. The van der Waals surface area contributed by atoms with Gasteiger partial charge in [0.15, 0.2) is 11.6 Å². The predicted molar refractivity (Wildman–Crippen MR) is 142 cm³/mol. The van der Waals surface area contributed by atoms with Crippen LogP contribution in [0.5, 0.6) is 0 Å². The van der Waals surface area contributed by atoms with Gasteiger partial charge < -0.3 is 10.2 Å². The third-order valence-corrected chi connectivity index (χ3v) is 6.72. The second-order valence-electron chi connectivity index (χ2n) is 9.04. The van der Waals surface area contributed by atoms with E-state index in [1.165, 1.54) is 0 Å². The van der Waals surface area contributed by atoms with Gasteiger partial charge in [-0.2, -0.15) is 0 Å². The fourth-order valence-electron chi connectivity index (χ4n) is 4.87. The van der Waals surface area contributed by atoms with Crippen molar-refractivity contribution in [1.29, 1.82) is 0 Å². The van der Waals surface area contributed by atoms with Gasteiger partial charge in [-0.1, -0.05) is 66.7 Å².